The molecule has 0 aromatic carbocycles. The molecule has 100 valence electrons. The van der Waals surface area contributed by atoms with Gasteiger partial charge in [-0.25, -0.2) is 4.98 Å². The Kier molecular flexibility index (Phi) is 4.36. The van der Waals surface area contributed by atoms with Crippen LogP contribution < -0.4 is 10.9 Å². The Hall–Kier alpha value is -1.36. The molecule has 1 aromatic rings. The van der Waals surface area contributed by atoms with Crippen LogP contribution in [0.15, 0.2) is 17.2 Å². The number of hydrogen-bond donors (Lipinski definition) is 2. The minimum atomic E-state index is -0.0605. The number of aromatic nitrogens is 2. The summed E-state index contributed by atoms with van der Waals surface area (Å²) in [7, 11) is 0. The zero-order valence-electron chi connectivity index (χ0n) is 10.8. The van der Waals surface area contributed by atoms with Crippen LogP contribution in [0, 0.1) is 5.92 Å². The molecule has 5 nitrogen and oxygen atoms in total. The van der Waals surface area contributed by atoms with Gasteiger partial charge in [0.2, 0.25) is 0 Å². The van der Waals surface area contributed by atoms with E-state index in [1.54, 1.807) is 17.0 Å². The van der Waals surface area contributed by atoms with Gasteiger partial charge in [0.1, 0.15) is 0 Å². The standard InChI is InChI=1S/C13H21N3O2/c1-2-16-8-7-14-12(13(16)18)15-11-5-3-4-10(11)6-9-17/h7-8,10-11,17H,2-6,9H2,1H3,(H,14,15). The lowest BCUT2D eigenvalue weighted by atomic mass is 10.0. The first-order chi connectivity index (χ1) is 8.76. The third kappa shape index (κ3) is 2.72. The van der Waals surface area contributed by atoms with Crippen LogP contribution in [-0.2, 0) is 6.54 Å². The van der Waals surface area contributed by atoms with Gasteiger partial charge in [0.15, 0.2) is 5.82 Å². The second-order valence-electron chi connectivity index (χ2n) is 4.82. The van der Waals surface area contributed by atoms with E-state index in [1.165, 1.54) is 0 Å². The van der Waals surface area contributed by atoms with Crippen LogP contribution in [0.2, 0.25) is 0 Å². The highest BCUT2D eigenvalue weighted by atomic mass is 16.3. The van der Waals surface area contributed by atoms with E-state index in [9.17, 15) is 4.79 Å². The van der Waals surface area contributed by atoms with Crippen LogP contribution in [0.4, 0.5) is 5.82 Å². The lowest BCUT2D eigenvalue weighted by molar-refractivity contribution is 0.254. The van der Waals surface area contributed by atoms with Crippen LogP contribution in [0.3, 0.4) is 0 Å². The van der Waals surface area contributed by atoms with Gasteiger partial charge in [0.05, 0.1) is 0 Å². The van der Waals surface area contributed by atoms with Gasteiger partial charge < -0.3 is 15.0 Å². The first kappa shape index (κ1) is 13.1. The van der Waals surface area contributed by atoms with Gasteiger partial charge in [0.25, 0.3) is 5.56 Å². The van der Waals surface area contributed by atoms with Gasteiger partial charge >= 0.3 is 0 Å². The molecule has 2 N–H and O–H groups in total. The number of rotatable bonds is 5. The Balaban J connectivity index is 2.11. The highest BCUT2D eigenvalue weighted by Crippen LogP contribution is 2.29. The fourth-order valence-electron chi connectivity index (χ4n) is 2.71. The normalized spacial score (nSPS) is 23.2. The van der Waals surface area contributed by atoms with Gasteiger partial charge in [-0.1, -0.05) is 6.42 Å². The zero-order valence-corrected chi connectivity index (χ0v) is 10.8. The highest BCUT2D eigenvalue weighted by molar-refractivity contribution is 5.33. The van der Waals surface area contributed by atoms with E-state index in [1.807, 2.05) is 6.92 Å². The molecule has 0 bridgehead atoms. The van der Waals surface area contributed by atoms with E-state index in [0.29, 0.717) is 18.3 Å². The Bertz CT molecular complexity index is 444. The smallest absolute Gasteiger partial charge is 0.293 e. The minimum absolute atomic E-state index is 0.0605. The van der Waals surface area contributed by atoms with Crippen molar-refractivity contribution in [2.45, 2.75) is 45.2 Å². The summed E-state index contributed by atoms with van der Waals surface area (Å²) in [5.74, 6) is 0.890. The predicted octanol–water partition coefficient (Wildman–Crippen LogP) is 1.23. The summed E-state index contributed by atoms with van der Waals surface area (Å²) >= 11 is 0. The Morgan fingerprint density at radius 1 is 1.56 bits per heavy atom. The van der Waals surface area contributed by atoms with Crippen molar-refractivity contribution in [3.8, 4) is 0 Å². The zero-order chi connectivity index (χ0) is 13.0. The fourth-order valence-corrected chi connectivity index (χ4v) is 2.71. The molecule has 0 radical (unpaired) electrons. The van der Waals surface area contributed by atoms with E-state index in [0.717, 1.165) is 25.7 Å². The van der Waals surface area contributed by atoms with E-state index in [4.69, 9.17) is 5.11 Å². The van der Waals surface area contributed by atoms with Gasteiger partial charge in [-0.2, -0.15) is 0 Å². The van der Waals surface area contributed by atoms with Crippen molar-refractivity contribution in [3.63, 3.8) is 0 Å². The second-order valence-corrected chi connectivity index (χ2v) is 4.82. The molecule has 1 aliphatic rings. The number of aliphatic hydroxyl groups excluding tert-OH is 1. The van der Waals surface area contributed by atoms with Crippen LogP contribution in [0.25, 0.3) is 0 Å². The molecule has 0 spiro atoms. The van der Waals surface area contributed by atoms with E-state index in [2.05, 4.69) is 10.3 Å². The summed E-state index contributed by atoms with van der Waals surface area (Å²) in [5, 5.41) is 12.3. The Morgan fingerprint density at radius 2 is 2.39 bits per heavy atom. The van der Waals surface area contributed by atoms with Crippen LogP contribution in [0.5, 0.6) is 0 Å². The molecule has 0 amide bonds. The van der Waals surface area contributed by atoms with Gasteiger partial charge in [-0.05, 0) is 32.1 Å². The number of anilines is 1. The van der Waals surface area contributed by atoms with E-state index >= 15 is 0 Å². The number of nitrogens with one attached hydrogen (secondary N) is 1. The van der Waals surface area contributed by atoms with Crippen molar-refractivity contribution >= 4 is 5.82 Å². The molecule has 1 aliphatic carbocycles. The molecule has 1 aromatic heterocycles. The molecule has 18 heavy (non-hydrogen) atoms. The van der Waals surface area contributed by atoms with Crippen molar-refractivity contribution < 1.29 is 5.11 Å². The molecule has 2 unspecified atom stereocenters. The number of nitrogens with zero attached hydrogens (tertiary/aromatic N) is 2. The molecular weight excluding hydrogens is 230 g/mol. The summed E-state index contributed by atoms with van der Waals surface area (Å²) in [6, 6.07) is 0.269. The van der Waals surface area contributed by atoms with Crippen molar-refractivity contribution in [1.29, 1.82) is 0 Å². The van der Waals surface area contributed by atoms with Crippen LogP contribution in [-0.4, -0.2) is 27.3 Å². The summed E-state index contributed by atoms with van der Waals surface area (Å²) in [6.45, 7) is 2.81. The van der Waals surface area contributed by atoms with E-state index < -0.39 is 0 Å². The highest BCUT2D eigenvalue weighted by Gasteiger charge is 2.27. The van der Waals surface area contributed by atoms with Gasteiger partial charge in [-0.15, -0.1) is 0 Å². The summed E-state index contributed by atoms with van der Waals surface area (Å²) < 4.78 is 1.64. The van der Waals surface area contributed by atoms with Crippen molar-refractivity contribution in [1.82, 2.24) is 9.55 Å². The largest absolute Gasteiger partial charge is 0.396 e. The molecule has 0 aliphatic heterocycles. The maximum atomic E-state index is 12.0. The van der Waals surface area contributed by atoms with E-state index in [-0.39, 0.29) is 18.2 Å². The van der Waals surface area contributed by atoms with Gasteiger partial charge in [-0.3, -0.25) is 4.79 Å². The van der Waals surface area contributed by atoms with Gasteiger partial charge in [0, 0.05) is 31.6 Å². The maximum Gasteiger partial charge on any atom is 0.293 e. The number of hydrogen-bond acceptors (Lipinski definition) is 4. The maximum absolute atomic E-state index is 12.0. The predicted molar refractivity (Wildman–Crippen MR) is 70.6 cm³/mol. The molecule has 2 rings (SSSR count). The van der Waals surface area contributed by atoms with Crippen molar-refractivity contribution in [2.24, 2.45) is 5.92 Å². The summed E-state index contributed by atoms with van der Waals surface area (Å²) in [6.07, 6.45) is 7.47. The third-order valence-corrected chi connectivity index (χ3v) is 3.74. The molecule has 1 saturated carbocycles. The Morgan fingerprint density at radius 3 is 3.11 bits per heavy atom. The molecular formula is C13H21N3O2. The monoisotopic (exact) mass is 251 g/mol. The lowest BCUT2D eigenvalue weighted by Gasteiger charge is -2.20. The third-order valence-electron chi connectivity index (χ3n) is 3.74. The Labute approximate surface area is 107 Å². The molecule has 5 heteroatoms. The average Bonchev–Trinajstić information content (AvgIpc) is 2.80. The quantitative estimate of drug-likeness (QED) is 0.826. The summed E-state index contributed by atoms with van der Waals surface area (Å²) in [4.78, 5) is 16.2. The number of aliphatic hydroxyl groups is 1. The summed E-state index contributed by atoms with van der Waals surface area (Å²) in [5.41, 5.74) is -0.0605. The average molecular weight is 251 g/mol. The minimum Gasteiger partial charge on any atom is -0.396 e. The second kappa shape index (κ2) is 6.00. The van der Waals surface area contributed by atoms with Crippen LogP contribution in [0.1, 0.15) is 32.6 Å². The fraction of sp³-hybridized carbons (Fsp3) is 0.692. The molecule has 1 fully saturated rings. The number of aryl methyl sites for hydroxylation is 1. The first-order valence-corrected chi connectivity index (χ1v) is 6.69. The molecule has 0 saturated heterocycles. The van der Waals surface area contributed by atoms with Crippen molar-refractivity contribution in [3.05, 3.63) is 22.7 Å². The molecule has 2 atom stereocenters. The van der Waals surface area contributed by atoms with Crippen LogP contribution >= 0.6 is 0 Å². The lowest BCUT2D eigenvalue weighted by Crippen LogP contribution is -2.31. The topological polar surface area (TPSA) is 67.2 Å². The molecule has 1 heterocycles. The van der Waals surface area contributed by atoms with Crippen molar-refractivity contribution in [2.75, 3.05) is 11.9 Å². The SMILES string of the molecule is CCn1ccnc(NC2CCCC2CCO)c1=O. The first-order valence-electron chi connectivity index (χ1n) is 6.69.